The number of carbonyl (C=O) groups is 1. The summed E-state index contributed by atoms with van der Waals surface area (Å²) in [6.07, 6.45) is -2.53. The van der Waals surface area contributed by atoms with Crippen LogP contribution in [-0.4, -0.2) is 54.2 Å². The number of hydrogen-bond acceptors (Lipinski definition) is 7. The van der Waals surface area contributed by atoms with Crippen LogP contribution in [0.25, 0.3) is 0 Å². The third kappa shape index (κ3) is 5.04. The van der Waals surface area contributed by atoms with Crippen LogP contribution < -0.4 is 14.8 Å². The predicted molar refractivity (Wildman–Crippen MR) is 100 cm³/mol. The van der Waals surface area contributed by atoms with Gasteiger partial charge < -0.3 is 23.9 Å². The van der Waals surface area contributed by atoms with Gasteiger partial charge in [-0.05, 0) is 43.5 Å². The molecular weight excluding hydrogens is 443 g/mol. The van der Waals surface area contributed by atoms with Crippen LogP contribution in [0.2, 0.25) is 5.02 Å². The lowest BCUT2D eigenvalue weighted by molar-refractivity contribution is -0.175. The fourth-order valence-corrected chi connectivity index (χ4v) is 4.14. The van der Waals surface area contributed by atoms with Crippen molar-refractivity contribution in [2.24, 2.45) is 0 Å². The second-order valence-corrected chi connectivity index (χ2v) is 8.21. The lowest BCUT2D eigenvalue weighted by Gasteiger charge is -2.68. The summed E-state index contributed by atoms with van der Waals surface area (Å²) in [5, 5.41) is 11.3. The van der Waals surface area contributed by atoms with E-state index in [4.69, 9.17) is 25.5 Å². The van der Waals surface area contributed by atoms with Crippen LogP contribution in [0, 0.1) is 0 Å². The summed E-state index contributed by atoms with van der Waals surface area (Å²) in [5.74, 6) is 0.722. The molecule has 3 saturated carbocycles. The quantitative estimate of drug-likeness (QED) is 0.543. The highest BCUT2D eigenvalue weighted by atomic mass is 35.5. The molecule has 1 aromatic carbocycles. The Morgan fingerprint density at radius 3 is 2.52 bits per heavy atom. The molecule has 1 heterocycles. The number of ether oxygens (including phenoxy) is 3. The average molecular weight is 462 g/mol. The largest absolute Gasteiger partial charge is 0.484 e. The zero-order chi connectivity index (χ0) is 22.1. The molecule has 1 aromatic heterocycles. The Morgan fingerprint density at radius 1 is 1.13 bits per heavy atom. The molecule has 3 fully saturated rings. The number of aromatic nitrogens is 2. The summed E-state index contributed by atoms with van der Waals surface area (Å²) >= 11 is 5.81. The molecule has 31 heavy (non-hydrogen) atoms. The molecule has 1 amide bonds. The first-order chi connectivity index (χ1) is 14.7. The topological polar surface area (TPSA) is 95.7 Å². The summed E-state index contributed by atoms with van der Waals surface area (Å²) in [5.41, 5.74) is -0.604. The number of carbonyl (C=O) groups excluding carboxylic acids is 1. The molecule has 0 unspecified atom stereocenters. The Balaban J connectivity index is 1.17. The van der Waals surface area contributed by atoms with Crippen LogP contribution >= 0.6 is 11.6 Å². The molecule has 0 aliphatic heterocycles. The van der Waals surface area contributed by atoms with Crippen molar-refractivity contribution >= 4 is 17.5 Å². The summed E-state index contributed by atoms with van der Waals surface area (Å²) in [4.78, 5) is 12.2. The number of nitrogens with one attached hydrogen (secondary N) is 1. The number of nitrogens with zero attached hydrogens (tertiary/aromatic N) is 2. The average Bonchev–Trinajstić information content (AvgIpc) is 3.10. The monoisotopic (exact) mass is 461 g/mol. The first-order valence-corrected chi connectivity index (χ1v) is 9.86. The Morgan fingerprint density at radius 2 is 1.84 bits per heavy atom. The van der Waals surface area contributed by atoms with Gasteiger partial charge in [0.15, 0.2) is 6.61 Å². The maximum absolute atomic E-state index is 12.2. The molecule has 8 nitrogen and oxygen atoms in total. The van der Waals surface area contributed by atoms with E-state index in [0.29, 0.717) is 35.9 Å². The van der Waals surface area contributed by atoms with Gasteiger partial charge in [0.2, 0.25) is 5.89 Å². The van der Waals surface area contributed by atoms with Gasteiger partial charge in [-0.3, -0.25) is 4.79 Å². The number of rotatable bonds is 10. The number of halogens is 4. The zero-order valence-corrected chi connectivity index (χ0v) is 17.0. The van der Waals surface area contributed by atoms with Gasteiger partial charge >= 0.3 is 12.3 Å². The first-order valence-electron chi connectivity index (χ1n) is 9.48. The summed E-state index contributed by atoms with van der Waals surface area (Å²) in [6, 6.07) is 6.72. The van der Waals surface area contributed by atoms with Crippen molar-refractivity contribution in [1.29, 1.82) is 0 Å². The van der Waals surface area contributed by atoms with E-state index in [9.17, 15) is 18.0 Å². The Hall–Kier alpha value is -2.53. The molecule has 0 radical (unpaired) electrons. The molecule has 5 rings (SSSR count). The third-order valence-electron chi connectivity index (χ3n) is 5.20. The van der Waals surface area contributed by atoms with Gasteiger partial charge in [-0.1, -0.05) is 16.7 Å². The number of hydrogen-bond donors (Lipinski definition) is 1. The molecule has 1 N–H and O–H groups in total. The fourth-order valence-electron chi connectivity index (χ4n) is 4.02. The Kier molecular flexibility index (Phi) is 5.73. The zero-order valence-electron chi connectivity index (χ0n) is 16.2. The minimum Gasteiger partial charge on any atom is -0.484 e. The molecule has 2 bridgehead atoms. The van der Waals surface area contributed by atoms with E-state index >= 15 is 0 Å². The van der Waals surface area contributed by atoms with Crippen molar-refractivity contribution in [1.82, 2.24) is 15.5 Å². The Labute approximate surface area is 180 Å². The summed E-state index contributed by atoms with van der Waals surface area (Å²) < 4.78 is 56.4. The lowest BCUT2D eigenvalue weighted by Crippen LogP contribution is -2.77. The van der Waals surface area contributed by atoms with Gasteiger partial charge in [0, 0.05) is 10.6 Å². The van der Waals surface area contributed by atoms with Crippen LogP contribution in [0.15, 0.2) is 28.7 Å². The highest BCUT2D eigenvalue weighted by Crippen LogP contribution is 2.67. The van der Waals surface area contributed by atoms with Crippen molar-refractivity contribution in [3.05, 3.63) is 35.2 Å². The van der Waals surface area contributed by atoms with Crippen LogP contribution in [0.5, 0.6) is 11.8 Å². The maximum atomic E-state index is 12.2. The molecule has 12 heteroatoms. The molecule has 0 spiro atoms. The standard InChI is InChI=1S/C19H19ClF3N3O5/c20-12-1-3-13(4-2-12)30-7-14(27)24-18-8-17(9-18,10-18)15-25-26-16(31-15)29-6-5-28-11-19(21,22)23/h1-4H,5-11H2,(H,24,27). The van der Waals surface area contributed by atoms with E-state index in [-0.39, 0.29) is 42.8 Å². The molecule has 2 aromatic rings. The molecular formula is C19H19ClF3N3O5. The van der Waals surface area contributed by atoms with Crippen LogP contribution in [0.1, 0.15) is 25.2 Å². The van der Waals surface area contributed by atoms with Crippen molar-refractivity contribution in [3.63, 3.8) is 0 Å². The van der Waals surface area contributed by atoms with E-state index in [2.05, 4.69) is 20.3 Å². The van der Waals surface area contributed by atoms with Gasteiger partial charge in [0.25, 0.3) is 5.91 Å². The van der Waals surface area contributed by atoms with Crippen LogP contribution in [0.4, 0.5) is 13.2 Å². The lowest BCUT2D eigenvalue weighted by atomic mass is 9.39. The van der Waals surface area contributed by atoms with E-state index < -0.39 is 12.8 Å². The van der Waals surface area contributed by atoms with Gasteiger partial charge in [0.1, 0.15) is 19.0 Å². The molecule has 3 aliphatic rings. The number of alkyl halides is 3. The highest BCUT2D eigenvalue weighted by molar-refractivity contribution is 6.30. The number of amides is 1. The normalized spacial score (nSPS) is 24.1. The van der Waals surface area contributed by atoms with E-state index in [1.165, 1.54) is 0 Å². The van der Waals surface area contributed by atoms with Gasteiger partial charge in [0.05, 0.1) is 12.0 Å². The minimum atomic E-state index is -4.38. The van der Waals surface area contributed by atoms with Gasteiger partial charge in [-0.2, -0.15) is 13.2 Å². The summed E-state index contributed by atoms with van der Waals surface area (Å²) in [6.45, 7) is -1.84. The molecule has 0 saturated heterocycles. The second-order valence-electron chi connectivity index (χ2n) is 7.77. The SMILES string of the molecule is O=C(COc1ccc(Cl)cc1)NC12CC(c3nnc(OCCOCC(F)(F)F)o3)(C1)C2. The first kappa shape index (κ1) is 21.7. The second kappa shape index (κ2) is 8.19. The minimum absolute atomic E-state index is 0.106. The summed E-state index contributed by atoms with van der Waals surface area (Å²) in [7, 11) is 0. The molecule has 0 atom stereocenters. The van der Waals surface area contributed by atoms with E-state index in [1.54, 1.807) is 24.3 Å². The van der Waals surface area contributed by atoms with Gasteiger partial charge in [-0.15, -0.1) is 5.10 Å². The maximum Gasteiger partial charge on any atom is 0.414 e. The van der Waals surface area contributed by atoms with Crippen molar-refractivity contribution in [3.8, 4) is 11.8 Å². The molecule has 3 aliphatic carbocycles. The highest BCUT2D eigenvalue weighted by Gasteiger charge is 2.71. The third-order valence-corrected chi connectivity index (χ3v) is 5.45. The van der Waals surface area contributed by atoms with Gasteiger partial charge in [-0.25, -0.2) is 0 Å². The predicted octanol–water partition coefficient (Wildman–Crippen LogP) is 3.05. The molecule has 168 valence electrons. The van der Waals surface area contributed by atoms with Crippen LogP contribution in [0.3, 0.4) is 0 Å². The van der Waals surface area contributed by atoms with E-state index in [1.807, 2.05) is 0 Å². The Bertz CT molecular complexity index is 915. The van der Waals surface area contributed by atoms with Crippen molar-refractivity contribution in [2.45, 2.75) is 36.4 Å². The van der Waals surface area contributed by atoms with E-state index in [0.717, 1.165) is 0 Å². The van der Waals surface area contributed by atoms with Crippen molar-refractivity contribution in [2.75, 3.05) is 26.4 Å². The van der Waals surface area contributed by atoms with Crippen molar-refractivity contribution < 1.29 is 36.6 Å². The number of benzene rings is 1. The smallest absolute Gasteiger partial charge is 0.414 e. The fraction of sp³-hybridized carbons (Fsp3) is 0.526. The van der Waals surface area contributed by atoms with Crippen LogP contribution in [-0.2, 0) is 14.9 Å².